The Morgan fingerprint density at radius 3 is 2.53 bits per heavy atom. The minimum atomic E-state index is 0.791. The quantitative estimate of drug-likeness (QED) is 0.504. The molecule has 0 aliphatic heterocycles. The van der Waals surface area contributed by atoms with Crippen LogP contribution >= 0.6 is 0 Å². The standard InChI is InChI=1S/C17H25NO/c1-4-11-18(12-5-2)13-6-7-14-19-17-10-8-9-16(3)15-17/h4-5,8-10,15H,1-2,6-7,11-14H2,3H3/p+1. The molecule has 0 saturated carbocycles. The molecule has 0 bridgehead atoms. The third kappa shape index (κ3) is 6.82. The SMILES string of the molecule is C=CC[NH+](CC=C)CCCCOc1cccc(C)c1. The molecule has 0 spiro atoms. The molecule has 0 aliphatic carbocycles. The van der Waals surface area contributed by atoms with E-state index in [1.807, 2.05) is 24.3 Å². The van der Waals surface area contributed by atoms with Gasteiger partial charge in [-0.05, 0) is 49.6 Å². The molecule has 0 amide bonds. The highest BCUT2D eigenvalue weighted by atomic mass is 16.5. The first-order valence-electron chi connectivity index (χ1n) is 7.01. The summed E-state index contributed by atoms with van der Waals surface area (Å²) in [7, 11) is 0. The topological polar surface area (TPSA) is 13.7 Å². The molecule has 0 atom stereocenters. The zero-order chi connectivity index (χ0) is 13.9. The van der Waals surface area contributed by atoms with Crippen molar-refractivity contribution in [2.45, 2.75) is 19.8 Å². The van der Waals surface area contributed by atoms with Crippen LogP contribution in [-0.2, 0) is 0 Å². The molecule has 19 heavy (non-hydrogen) atoms. The number of benzene rings is 1. The molecule has 1 aromatic carbocycles. The molecule has 0 fully saturated rings. The normalized spacial score (nSPS) is 10.4. The largest absolute Gasteiger partial charge is 0.494 e. The van der Waals surface area contributed by atoms with Crippen LogP contribution in [-0.4, -0.2) is 26.2 Å². The number of ether oxygens (including phenoxy) is 1. The zero-order valence-electron chi connectivity index (χ0n) is 12.0. The third-order valence-electron chi connectivity index (χ3n) is 3.05. The first-order valence-corrected chi connectivity index (χ1v) is 7.01. The average Bonchev–Trinajstić information content (AvgIpc) is 2.39. The number of unbranched alkanes of at least 4 members (excludes halogenated alkanes) is 1. The van der Waals surface area contributed by atoms with Crippen LogP contribution in [0.5, 0.6) is 5.75 Å². The Morgan fingerprint density at radius 1 is 1.16 bits per heavy atom. The van der Waals surface area contributed by atoms with Gasteiger partial charge in [-0.2, -0.15) is 0 Å². The average molecular weight is 260 g/mol. The molecule has 1 aromatic rings. The van der Waals surface area contributed by atoms with Gasteiger partial charge in [0.1, 0.15) is 5.75 Å². The van der Waals surface area contributed by atoms with E-state index in [-0.39, 0.29) is 0 Å². The molecule has 1 rings (SSSR count). The molecule has 0 heterocycles. The highest BCUT2D eigenvalue weighted by molar-refractivity contribution is 5.27. The highest BCUT2D eigenvalue weighted by Gasteiger charge is 2.03. The van der Waals surface area contributed by atoms with E-state index in [9.17, 15) is 0 Å². The fourth-order valence-corrected chi connectivity index (χ4v) is 2.07. The van der Waals surface area contributed by atoms with E-state index in [0.717, 1.165) is 38.4 Å². The zero-order valence-corrected chi connectivity index (χ0v) is 12.0. The Labute approximate surface area is 117 Å². The van der Waals surface area contributed by atoms with E-state index < -0.39 is 0 Å². The summed E-state index contributed by atoms with van der Waals surface area (Å²) in [5.41, 5.74) is 1.24. The Bertz CT molecular complexity index is 377. The molecule has 1 N–H and O–H groups in total. The van der Waals surface area contributed by atoms with Crippen LogP contribution in [0.15, 0.2) is 49.6 Å². The van der Waals surface area contributed by atoms with E-state index in [1.54, 1.807) is 0 Å². The van der Waals surface area contributed by atoms with Crippen LogP contribution in [0.2, 0.25) is 0 Å². The van der Waals surface area contributed by atoms with Crippen LogP contribution in [0.25, 0.3) is 0 Å². The maximum atomic E-state index is 5.74. The molecule has 0 aliphatic rings. The van der Waals surface area contributed by atoms with Crippen molar-refractivity contribution in [1.82, 2.24) is 0 Å². The number of quaternary nitrogens is 1. The van der Waals surface area contributed by atoms with Crippen molar-refractivity contribution < 1.29 is 9.64 Å². The number of nitrogens with one attached hydrogen (secondary N) is 1. The van der Waals surface area contributed by atoms with Crippen molar-refractivity contribution in [2.75, 3.05) is 26.2 Å². The van der Waals surface area contributed by atoms with Crippen molar-refractivity contribution in [3.8, 4) is 5.75 Å². The van der Waals surface area contributed by atoms with Crippen molar-refractivity contribution in [3.05, 3.63) is 55.1 Å². The first kappa shape index (κ1) is 15.5. The molecular weight excluding hydrogens is 234 g/mol. The van der Waals surface area contributed by atoms with Crippen molar-refractivity contribution in [1.29, 1.82) is 0 Å². The Morgan fingerprint density at radius 2 is 1.89 bits per heavy atom. The van der Waals surface area contributed by atoms with Gasteiger partial charge in [-0.15, -0.1) is 0 Å². The molecule has 2 nitrogen and oxygen atoms in total. The van der Waals surface area contributed by atoms with Gasteiger partial charge in [-0.3, -0.25) is 0 Å². The van der Waals surface area contributed by atoms with Crippen LogP contribution in [0.1, 0.15) is 18.4 Å². The maximum Gasteiger partial charge on any atom is 0.119 e. The summed E-state index contributed by atoms with van der Waals surface area (Å²) in [6.07, 6.45) is 6.21. The lowest BCUT2D eigenvalue weighted by atomic mass is 10.2. The molecule has 2 heteroatoms. The van der Waals surface area contributed by atoms with Gasteiger partial charge in [0.25, 0.3) is 0 Å². The number of rotatable bonds is 10. The molecule has 0 unspecified atom stereocenters. The van der Waals surface area contributed by atoms with E-state index >= 15 is 0 Å². The molecule has 0 radical (unpaired) electrons. The van der Waals surface area contributed by atoms with Crippen LogP contribution in [0.4, 0.5) is 0 Å². The summed E-state index contributed by atoms with van der Waals surface area (Å²) >= 11 is 0. The maximum absolute atomic E-state index is 5.74. The highest BCUT2D eigenvalue weighted by Crippen LogP contribution is 2.12. The lowest BCUT2D eigenvalue weighted by Crippen LogP contribution is -3.11. The van der Waals surface area contributed by atoms with Gasteiger partial charge in [0.2, 0.25) is 0 Å². The summed E-state index contributed by atoms with van der Waals surface area (Å²) in [6, 6.07) is 8.20. The second-order valence-electron chi connectivity index (χ2n) is 4.86. The van der Waals surface area contributed by atoms with E-state index in [0.29, 0.717) is 0 Å². The van der Waals surface area contributed by atoms with Crippen molar-refractivity contribution in [2.24, 2.45) is 0 Å². The van der Waals surface area contributed by atoms with E-state index in [1.165, 1.54) is 16.9 Å². The Balaban J connectivity index is 2.16. The van der Waals surface area contributed by atoms with Crippen LogP contribution in [0, 0.1) is 6.92 Å². The Kier molecular flexibility index (Phi) is 7.68. The number of hydrogen-bond acceptors (Lipinski definition) is 1. The summed E-state index contributed by atoms with van der Waals surface area (Å²) in [5, 5.41) is 0. The van der Waals surface area contributed by atoms with Crippen LogP contribution < -0.4 is 9.64 Å². The summed E-state index contributed by atoms with van der Waals surface area (Å²) in [5.74, 6) is 0.974. The van der Waals surface area contributed by atoms with Gasteiger partial charge in [0.05, 0.1) is 26.2 Å². The molecular formula is C17H26NO+. The van der Waals surface area contributed by atoms with Crippen LogP contribution in [0.3, 0.4) is 0 Å². The van der Waals surface area contributed by atoms with Gasteiger partial charge in [0, 0.05) is 0 Å². The predicted molar refractivity (Wildman–Crippen MR) is 81.9 cm³/mol. The van der Waals surface area contributed by atoms with Gasteiger partial charge < -0.3 is 9.64 Å². The van der Waals surface area contributed by atoms with E-state index in [4.69, 9.17) is 4.74 Å². The third-order valence-corrected chi connectivity index (χ3v) is 3.05. The summed E-state index contributed by atoms with van der Waals surface area (Å²) < 4.78 is 5.74. The lowest BCUT2D eigenvalue weighted by molar-refractivity contribution is -0.888. The second kappa shape index (κ2) is 9.40. The van der Waals surface area contributed by atoms with Crippen molar-refractivity contribution in [3.63, 3.8) is 0 Å². The fourth-order valence-electron chi connectivity index (χ4n) is 2.07. The minimum Gasteiger partial charge on any atom is -0.494 e. The monoisotopic (exact) mass is 260 g/mol. The molecule has 0 saturated heterocycles. The fraction of sp³-hybridized carbons (Fsp3) is 0.412. The van der Waals surface area contributed by atoms with Crippen molar-refractivity contribution >= 4 is 0 Å². The molecule has 104 valence electrons. The Hall–Kier alpha value is -1.54. The first-order chi connectivity index (χ1) is 9.26. The minimum absolute atomic E-state index is 0.791. The predicted octanol–water partition coefficient (Wildman–Crippen LogP) is 2.41. The summed E-state index contributed by atoms with van der Waals surface area (Å²) in [6.45, 7) is 13.6. The summed E-state index contributed by atoms with van der Waals surface area (Å²) in [4.78, 5) is 1.51. The number of hydrogen-bond donors (Lipinski definition) is 1. The van der Waals surface area contributed by atoms with Gasteiger partial charge in [0.15, 0.2) is 0 Å². The molecule has 0 aromatic heterocycles. The second-order valence-corrected chi connectivity index (χ2v) is 4.86. The smallest absolute Gasteiger partial charge is 0.119 e. The van der Waals surface area contributed by atoms with Gasteiger partial charge in [-0.25, -0.2) is 0 Å². The van der Waals surface area contributed by atoms with Gasteiger partial charge >= 0.3 is 0 Å². The van der Waals surface area contributed by atoms with E-state index in [2.05, 4.69) is 32.2 Å². The van der Waals surface area contributed by atoms with Gasteiger partial charge in [-0.1, -0.05) is 25.3 Å². The lowest BCUT2D eigenvalue weighted by Gasteiger charge is -2.15. The number of aryl methyl sites for hydroxylation is 1.